The number of aryl methyl sites for hydroxylation is 1. The number of benzene rings is 3. The fraction of sp³-hybridized carbons (Fsp3) is 0.250. The maximum atomic E-state index is 15.2. The lowest BCUT2D eigenvalue weighted by Crippen LogP contribution is -2.56. The monoisotopic (exact) mass is 444 g/mol. The van der Waals surface area contributed by atoms with Crippen LogP contribution in [0.4, 0.5) is 13.2 Å². The second-order valence-corrected chi connectivity index (χ2v) is 9.78. The molecule has 0 N–H and O–H groups in total. The molecule has 1 unspecified atom stereocenters. The number of hydrogen-bond donors (Lipinski definition) is 0. The standard InChI is InChI=1S/C28H23F3N2/c1-16-14-15-20-23-21(16)18-12-8-9-13-19(18)25-32-22(17-10-6-5-7-11-17)24(33(23)25)27(4,26(20,2)3)28(29,30)31/h5-15H,1-4H3. The first-order valence-electron chi connectivity index (χ1n) is 11.1. The Morgan fingerprint density at radius 3 is 2.12 bits per heavy atom. The number of aromatic nitrogens is 2. The molecule has 1 aliphatic heterocycles. The lowest BCUT2D eigenvalue weighted by Gasteiger charge is -2.49. The third kappa shape index (κ3) is 2.27. The Hall–Kier alpha value is -3.34. The molecule has 166 valence electrons. The zero-order valence-electron chi connectivity index (χ0n) is 18.9. The molecule has 0 saturated carbocycles. The van der Waals surface area contributed by atoms with E-state index in [9.17, 15) is 0 Å². The van der Waals surface area contributed by atoms with Gasteiger partial charge in [0, 0.05) is 21.8 Å². The number of rotatable bonds is 1. The lowest BCUT2D eigenvalue weighted by atomic mass is 9.58. The average Bonchev–Trinajstić information content (AvgIpc) is 3.19. The third-order valence-corrected chi connectivity index (χ3v) is 7.94. The molecule has 0 fully saturated rings. The predicted molar refractivity (Wildman–Crippen MR) is 127 cm³/mol. The van der Waals surface area contributed by atoms with E-state index >= 15 is 13.2 Å². The molecule has 3 heterocycles. The van der Waals surface area contributed by atoms with Gasteiger partial charge in [-0.1, -0.05) is 80.6 Å². The molecule has 0 amide bonds. The summed E-state index contributed by atoms with van der Waals surface area (Å²) >= 11 is 0. The smallest absolute Gasteiger partial charge is 0.294 e. The summed E-state index contributed by atoms with van der Waals surface area (Å²) in [4.78, 5) is 4.93. The van der Waals surface area contributed by atoms with E-state index in [1.165, 1.54) is 6.92 Å². The van der Waals surface area contributed by atoms with Crippen LogP contribution >= 0.6 is 0 Å². The summed E-state index contributed by atoms with van der Waals surface area (Å²) in [6.45, 7) is 6.80. The number of fused-ring (bicyclic) bond motifs is 3. The van der Waals surface area contributed by atoms with Gasteiger partial charge in [0.05, 0.1) is 16.9 Å². The van der Waals surface area contributed by atoms with Crippen molar-refractivity contribution in [2.45, 2.75) is 44.7 Å². The average molecular weight is 445 g/mol. The first-order valence-corrected chi connectivity index (χ1v) is 11.1. The van der Waals surface area contributed by atoms with Crippen LogP contribution in [0.2, 0.25) is 0 Å². The van der Waals surface area contributed by atoms with Crippen LogP contribution < -0.4 is 0 Å². The number of hydrogen-bond acceptors (Lipinski definition) is 1. The molecule has 3 aromatic carbocycles. The minimum Gasteiger partial charge on any atom is -0.294 e. The molecule has 1 aliphatic rings. The quantitative estimate of drug-likeness (QED) is 0.242. The Bertz CT molecular complexity index is 1590. The van der Waals surface area contributed by atoms with Gasteiger partial charge in [0.25, 0.3) is 0 Å². The van der Waals surface area contributed by atoms with E-state index in [0.717, 1.165) is 27.2 Å². The van der Waals surface area contributed by atoms with Crippen LogP contribution in [-0.2, 0) is 10.8 Å². The molecule has 0 radical (unpaired) electrons. The van der Waals surface area contributed by atoms with Crippen molar-refractivity contribution in [2.24, 2.45) is 0 Å². The van der Waals surface area contributed by atoms with Crippen LogP contribution in [-0.4, -0.2) is 15.6 Å². The summed E-state index contributed by atoms with van der Waals surface area (Å²) < 4.78 is 47.3. The molecule has 5 heteroatoms. The van der Waals surface area contributed by atoms with Gasteiger partial charge in [-0.2, -0.15) is 13.2 Å². The first kappa shape index (κ1) is 20.3. The van der Waals surface area contributed by atoms with Crippen molar-refractivity contribution >= 4 is 27.3 Å². The number of imidazole rings is 1. The molecule has 0 spiro atoms. The molecule has 0 saturated heterocycles. The molecule has 5 aromatic rings. The second kappa shape index (κ2) is 6.16. The third-order valence-electron chi connectivity index (χ3n) is 7.94. The number of nitrogens with zero attached hydrogens (tertiary/aromatic N) is 2. The van der Waals surface area contributed by atoms with E-state index < -0.39 is 17.0 Å². The summed E-state index contributed by atoms with van der Waals surface area (Å²) in [6, 6.07) is 21.0. The van der Waals surface area contributed by atoms with Crippen LogP contribution in [0.3, 0.4) is 0 Å². The minimum absolute atomic E-state index is 0.218. The number of halogens is 3. The Morgan fingerprint density at radius 1 is 0.818 bits per heavy atom. The molecule has 33 heavy (non-hydrogen) atoms. The van der Waals surface area contributed by atoms with E-state index in [2.05, 4.69) is 0 Å². The minimum atomic E-state index is -4.49. The largest absolute Gasteiger partial charge is 0.400 e. The van der Waals surface area contributed by atoms with Gasteiger partial charge in [-0.3, -0.25) is 4.40 Å². The van der Waals surface area contributed by atoms with Gasteiger partial charge in [-0.05, 0) is 30.4 Å². The van der Waals surface area contributed by atoms with E-state index in [1.807, 2.05) is 73.7 Å². The molecule has 6 rings (SSSR count). The predicted octanol–water partition coefficient (Wildman–Crippen LogP) is 7.73. The SMILES string of the molecule is Cc1ccc2c3c1c1ccccc1c1nc(-c4ccccc4)c(n13)C(C)(C(F)(F)F)C2(C)C. The second-order valence-electron chi connectivity index (χ2n) is 9.78. The Labute approximate surface area is 189 Å². The summed E-state index contributed by atoms with van der Waals surface area (Å²) in [5.74, 6) is 0. The zero-order chi connectivity index (χ0) is 23.3. The van der Waals surface area contributed by atoms with Crippen LogP contribution in [0.5, 0.6) is 0 Å². The van der Waals surface area contributed by atoms with Crippen molar-refractivity contribution in [3.63, 3.8) is 0 Å². The van der Waals surface area contributed by atoms with Crippen molar-refractivity contribution in [1.82, 2.24) is 9.38 Å². The topological polar surface area (TPSA) is 17.3 Å². The Balaban J connectivity index is 2.00. The highest BCUT2D eigenvalue weighted by atomic mass is 19.4. The van der Waals surface area contributed by atoms with Crippen molar-refractivity contribution < 1.29 is 13.2 Å². The Morgan fingerprint density at radius 2 is 1.45 bits per heavy atom. The summed E-state index contributed by atoms with van der Waals surface area (Å²) in [5.41, 5.74) is 1.08. The summed E-state index contributed by atoms with van der Waals surface area (Å²) in [7, 11) is 0. The Kier molecular flexibility index (Phi) is 3.79. The van der Waals surface area contributed by atoms with Crippen LogP contribution in [0.1, 0.15) is 37.6 Å². The van der Waals surface area contributed by atoms with Gasteiger partial charge < -0.3 is 0 Å². The highest BCUT2D eigenvalue weighted by molar-refractivity contribution is 6.15. The molecular weight excluding hydrogens is 421 g/mol. The maximum absolute atomic E-state index is 15.2. The fourth-order valence-electron chi connectivity index (χ4n) is 5.80. The van der Waals surface area contributed by atoms with Gasteiger partial charge in [0.2, 0.25) is 0 Å². The summed E-state index contributed by atoms with van der Waals surface area (Å²) in [5, 5.41) is 2.87. The van der Waals surface area contributed by atoms with Gasteiger partial charge in [0.15, 0.2) is 0 Å². The van der Waals surface area contributed by atoms with E-state index in [4.69, 9.17) is 4.98 Å². The van der Waals surface area contributed by atoms with Crippen molar-refractivity contribution in [3.8, 4) is 11.3 Å². The van der Waals surface area contributed by atoms with Crippen molar-refractivity contribution in [3.05, 3.63) is 83.6 Å². The van der Waals surface area contributed by atoms with Crippen molar-refractivity contribution in [2.75, 3.05) is 0 Å². The lowest BCUT2D eigenvalue weighted by molar-refractivity contribution is -0.205. The first-order chi connectivity index (χ1) is 15.6. The maximum Gasteiger partial charge on any atom is 0.400 e. The molecular formula is C28H23F3N2. The number of alkyl halides is 3. The number of pyridine rings is 1. The van der Waals surface area contributed by atoms with Gasteiger partial charge in [-0.25, -0.2) is 4.98 Å². The summed E-state index contributed by atoms with van der Waals surface area (Å²) in [6.07, 6.45) is -4.49. The van der Waals surface area contributed by atoms with Crippen LogP contribution in [0.25, 0.3) is 38.6 Å². The van der Waals surface area contributed by atoms with Crippen LogP contribution in [0.15, 0.2) is 66.7 Å². The van der Waals surface area contributed by atoms with Crippen molar-refractivity contribution in [1.29, 1.82) is 0 Å². The molecule has 2 nitrogen and oxygen atoms in total. The van der Waals surface area contributed by atoms with Gasteiger partial charge >= 0.3 is 6.18 Å². The van der Waals surface area contributed by atoms with Gasteiger partial charge in [-0.15, -0.1) is 0 Å². The molecule has 0 aliphatic carbocycles. The van der Waals surface area contributed by atoms with Crippen LogP contribution in [0, 0.1) is 6.92 Å². The normalized spacial score (nSPS) is 19.7. The molecule has 0 bridgehead atoms. The highest BCUT2D eigenvalue weighted by Gasteiger charge is 2.65. The fourth-order valence-corrected chi connectivity index (χ4v) is 5.80. The molecule has 1 atom stereocenters. The van der Waals surface area contributed by atoms with E-state index in [-0.39, 0.29) is 5.69 Å². The highest BCUT2D eigenvalue weighted by Crippen LogP contribution is 2.60. The van der Waals surface area contributed by atoms with E-state index in [1.54, 1.807) is 18.2 Å². The molecule has 2 aromatic heterocycles. The van der Waals surface area contributed by atoms with Gasteiger partial charge in [0.1, 0.15) is 11.1 Å². The van der Waals surface area contributed by atoms with E-state index in [0.29, 0.717) is 22.5 Å². The zero-order valence-corrected chi connectivity index (χ0v) is 18.9.